The Balaban J connectivity index is 1.26. The second-order valence-electron chi connectivity index (χ2n) is 19.4. The molecule has 5 aromatic rings. The first-order valence-corrected chi connectivity index (χ1v) is 25.4. The number of unbranched alkanes of at least 4 members (excludes halogenated alkanes) is 2. The molecule has 0 radical (unpaired) electrons. The van der Waals surface area contributed by atoms with Crippen LogP contribution >= 0.6 is 0 Å². The minimum absolute atomic E-state index is 0.00504. The van der Waals surface area contributed by atoms with Gasteiger partial charge in [-0.3, -0.25) is 15.0 Å². The molecule has 0 spiro atoms. The molecule has 1 saturated carbocycles. The van der Waals surface area contributed by atoms with Gasteiger partial charge in [-0.1, -0.05) is 78.7 Å². The average Bonchev–Trinajstić information content (AvgIpc) is 3.39. The molecule has 9 rings (SSSR count). The fourth-order valence-corrected chi connectivity index (χ4v) is 11.3. The molecular formula is C58H65N3O11. The number of carbonyl (C=O) groups excluding carboxylic acids is 1. The van der Waals surface area contributed by atoms with Crippen molar-refractivity contribution in [1.29, 1.82) is 0 Å². The second-order valence-corrected chi connectivity index (χ2v) is 19.4. The number of allylic oxidation sites excluding steroid dienone is 1. The van der Waals surface area contributed by atoms with Crippen LogP contribution < -0.4 is 14.2 Å². The molecule has 2 fully saturated rings. The highest BCUT2D eigenvalue weighted by atomic mass is 16.8. The van der Waals surface area contributed by atoms with Crippen LogP contribution in [0.2, 0.25) is 0 Å². The summed E-state index contributed by atoms with van der Waals surface area (Å²) < 4.78 is 33.7. The maximum Gasteiger partial charge on any atom is 0.416 e. The van der Waals surface area contributed by atoms with Gasteiger partial charge in [0.25, 0.3) is 5.69 Å². The molecule has 1 saturated heterocycles. The largest absolute Gasteiger partial charge is 0.459 e. The van der Waals surface area contributed by atoms with Gasteiger partial charge in [0.1, 0.15) is 29.0 Å². The van der Waals surface area contributed by atoms with Crippen LogP contribution in [0.15, 0.2) is 133 Å². The van der Waals surface area contributed by atoms with Gasteiger partial charge in [-0.15, -0.1) is 6.58 Å². The second kappa shape index (κ2) is 22.9. The Morgan fingerprint density at radius 1 is 0.903 bits per heavy atom. The number of benzene rings is 5. The predicted molar refractivity (Wildman–Crippen MR) is 274 cm³/mol. The molecule has 14 heteroatoms. The van der Waals surface area contributed by atoms with Gasteiger partial charge in [0.05, 0.1) is 36.3 Å². The fourth-order valence-electron chi connectivity index (χ4n) is 11.3. The lowest BCUT2D eigenvalue weighted by atomic mass is 9.55. The van der Waals surface area contributed by atoms with E-state index >= 15 is 4.79 Å². The van der Waals surface area contributed by atoms with Gasteiger partial charge in [0.15, 0.2) is 0 Å². The standard InChI is InChI=1S/C58H65N3O11/c1-4-31-68-58-53(60(37-42-17-13-16-40-14-5-6-18-47(40)42)57(64)70-44-25-22-43(23-26-44)61(65)66)36-51(59-72-54-20-9-12-32-67-54)49-34-41(15-7-10-29-62)48(19-8-11-30-63)55(56(49)58)50-35-46(27-28-52(50)71-58)69-45-24-21-38(2)39(3)33-45/h4-6,13-14,16-18,21-28,33-35,41,48,53-56,62-63H,1,7-12,15,19-20,29-32,36-37H2,2-3H3/t41-,48+,53-,54?,55+,56+,58+/m0/s1. The zero-order chi connectivity index (χ0) is 50.2. The van der Waals surface area contributed by atoms with E-state index < -0.39 is 35.1 Å². The van der Waals surface area contributed by atoms with Gasteiger partial charge in [0.2, 0.25) is 12.1 Å². The first-order valence-electron chi connectivity index (χ1n) is 25.4. The summed E-state index contributed by atoms with van der Waals surface area (Å²) in [6.07, 6.45) is 9.65. The zero-order valence-electron chi connectivity index (χ0n) is 41.2. The molecule has 14 nitrogen and oxygen atoms in total. The number of non-ortho nitro benzene ring substituents is 1. The smallest absolute Gasteiger partial charge is 0.416 e. The Bertz CT molecular complexity index is 2780. The van der Waals surface area contributed by atoms with E-state index in [1.807, 2.05) is 72.8 Å². The number of nitrogens with zero attached hydrogens (tertiary/aromatic N) is 3. The number of ether oxygens (including phenoxy) is 5. The van der Waals surface area contributed by atoms with E-state index in [1.165, 1.54) is 24.3 Å². The molecule has 0 bridgehead atoms. The molecule has 72 heavy (non-hydrogen) atoms. The number of nitro groups is 1. The molecule has 4 aliphatic rings. The topological polar surface area (TPSA) is 172 Å². The highest BCUT2D eigenvalue weighted by Gasteiger charge is 2.66. The van der Waals surface area contributed by atoms with Crippen LogP contribution in [0.1, 0.15) is 92.4 Å². The van der Waals surface area contributed by atoms with Crippen molar-refractivity contribution in [3.63, 3.8) is 0 Å². The monoisotopic (exact) mass is 979 g/mol. The third-order valence-corrected chi connectivity index (χ3v) is 14.9. The number of rotatable bonds is 20. The quantitative estimate of drug-likeness (QED) is 0.0329. The Kier molecular flexibility index (Phi) is 16.0. The minimum atomic E-state index is -1.60. The number of amides is 1. The van der Waals surface area contributed by atoms with Crippen LogP contribution in [0.5, 0.6) is 23.0 Å². The summed E-state index contributed by atoms with van der Waals surface area (Å²) in [4.78, 5) is 34.6. The molecule has 1 unspecified atom stereocenters. The van der Waals surface area contributed by atoms with Crippen molar-refractivity contribution in [3.05, 3.63) is 160 Å². The maximum absolute atomic E-state index is 15.4. The van der Waals surface area contributed by atoms with Crippen LogP contribution in [0.25, 0.3) is 10.8 Å². The van der Waals surface area contributed by atoms with E-state index in [0.717, 1.165) is 77.1 Å². The van der Waals surface area contributed by atoms with E-state index in [2.05, 4.69) is 32.6 Å². The van der Waals surface area contributed by atoms with Gasteiger partial charge in [-0.05, 0) is 140 Å². The van der Waals surface area contributed by atoms with E-state index in [9.17, 15) is 20.3 Å². The fraction of sp³-hybridized carbons (Fsp3) is 0.414. The summed E-state index contributed by atoms with van der Waals surface area (Å²) in [6.45, 7) is 9.01. The number of fused-ring (bicyclic) bond motifs is 3. The van der Waals surface area contributed by atoms with Gasteiger partial charge >= 0.3 is 6.09 Å². The van der Waals surface area contributed by atoms with Crippen LogP contribution in [0.4, 0.5) is 10.5 Å². The van der Waals surface area contributed by atoms with E-state index in [1.54, 1.807) is 11.0 Å². The van der Waals surface area contributed by atoms with Crippen molar-refractivity contribution >= 4 is 28.3 Å². The molecule has 2 heterocycles. The molecule has 378 valence electrons. The lowest BCUT2D eigenvalue weighted by molar-refractivity contribution is -0.384. The van der Waals surface area contributed by atoms with Crippen molar-refractivity contribution < 1.29 is 48.5 Å². The van der Waals surface area contributed by atoms with Gasteiger partial charge in [-0.25, -0.2) is 4.79 Å². The van der Waals surface area contributed by atoms with E-state index in [0.29, 0.717) is 48.8 Å². The van der Waals surface area contributed by atoms with Crippen molar-refractivity contribution in [2.24, 2.45) is 22.9 Å². The summed E-state index contributed by atoms with van der Waals surface area (Å²) in [5.41, 5.74) is 5.37. The van der Waals surface area contributed by atoms with Crippen molar-refractivity contribution in [2.75, 3.05) is 26.4 Å². The first kappa shape index (κ1) is 50.4. The molecule has 2 aliphatic heterocycles. The number of hydrogen-bond donors (Lipinski definition) is 2. The number of aliphatic hydroxyl groups excluding tert-OH is 2. The molecule has 7 atom stereocenters. The maximum atomic E-state index is 15.4. The summed E-state index contributed by atoms with van der Waals surface area (Å²) in [7, 11) is 0. The van der Waals surface area contributed by atoms with Crippen LogP contribution in [0.3, 0.4) is 0 Å². The molecule has 2 aliphatic carbocycles. The lowest BCUT2D eigenvalue weighted by Gasteiger charge is -2.59. The predicted octanol–water partition coefficient (Wildman–Crippen LogP) is 12.0. The number of oxime groups is 1. The van der Waals surface area contributed by atoms with Crippen molar-refractivity contribution in [2.45, 2.75) is 109 Å². The zero-order valence-corrected chi connectivity index (χ0v) is 41.2. The van der Waals surface area contributed by atoms with Gasteiger partial charge in [-0.2, -0.15) is 0 Å². The molecular weight excluding hydrogens is 915 g/mol. The Hall–Kier alpha value is -6.58. The van der Waals surface area contributed by atoms with Crippen molar-refractivity contribution in [3.8, 4) is 23.0 Å². The number of carbonyl (C=O) groups is 1. The Morgan fingerprint density at radius 2 is 1.65 bits per heavy atom. The highest BCUT2D eigenvalue weighted by Crippen LogP contribution is 2.62. The number of nitro benzene ring substituents is 1. The van der Waals surface area contributed by atoms with Crippen LogP contribution in [-0.2, 0) is 20.9 Å². The van der Waals surface area contributed by atoms with E-state index in [4.69, 9.17) is 33.7 Å². The Morgan fingerprint density at radius 3 is 2.40 bits per heavy atom. The minimum Gasteiger partial charge on any atom is -0.459 e. The molecule has 2 N–H and O–H groups in total. The molecule has 0 aromatic heterocycles. The summed E-state index contributed by atoms with van der Waals surface area (Å²) in [5, 5.41) is 38.8. The summed E-state index contributed by atoms with van der Waals surface area (Å²) >= 11 is 0. The third kappa shape index (κ3) is 10.8. The van der Waals surface area contributed by atoms with E-state index in [-0.39, 0.29) is 62.0 Å². The molecule has 1 amide bonds. The van der Waals surface area contributed by atoms with Crippen LogP contribution in [-0.4, -0.2) is 76.4 Å². The number of aryl methyl sites for hydroxylation is 2. The van der Waals surface area contributed by atoms with Crippen molar-refractivity contribution in [1.82, 2.24) is 4.90 Å². The third-order valence-electron chi connectivity index (χ3n) is 14.9. The lowest BCUT2D eigenvalue weighted by Crippen LogP contribution is -2.70. The highest BCUT2D eigenvalue weighted by molar-refractivity contribution is 6.03. The molecule has 5 aromatic carbocycles. The average molecular weight is 980 g/mol. The first-order chi connectivity index (χ1) is 35.1. The summed E-state index contributed by atoms with van der Waals surface area (Å²) in [5.74, 6) is -0.523. The van der Waals surface area contributed by atoms with Gasteiger partial charge in [0, 0.05) is 49.7 Å². The van der Waals surface area contributed by atoms with Gasteiger partial charge < -0.3 is 38.7 Å². The number of aliphatic hydroxyl groups is 2. The van der Waals surface area contributed by atoms with Crippen LogP contribution in [0, 0.1) is 41.7 Å². The number of hydrogen-bond acceptors (Lipinski definition) is 12. The Labute approximate surface area is 421 Å². The SMILES string of the molecule is C=CCO[C@@]12Oc3ccc(Oc4ccc(C)c(C)c4)cc3[C@H]3[C@H](CCCCO)[C@@H](CCCCO)C=C(C(=NOC4CCCCO4)C[C@@H]1N(Cc1cccc4ccccc14)C(=O)Oc1ccc([N+](=O)[O-])cc1)[C@H]32. The normalized spacial score (nSPS) is 23.8. The summed E-state index contributed by atoms with van der Waals surface area (Å²) in [6, 6.07) is 30.4.